The topological polar surface area (TPSA) is 63.5 Å². The van der Waals surface area contributed by atoms with E-state index in [2.05, 4.69) is 20.6 Å². The zero-order valence-corrected chi connectivity index (χ0v) is 12.0. The number of imidazole rings is 1. The molecule has 3 rings (SSSR count). The maximum atomic E-state index is 5.16. The van der Waals surface area contributed by atoms with E-state index in [0.29, 0.717) is 6.54 Å². The molecule has 0 aliphatic rings. The molecule has 6 heteroatoms. The molecule has 108 valence electrons. The van der Waals surface area contributed by atoms with E-state index in [1.165, 1.54) is 0 Å². The number of ether oxygens (including phenoxy) is 1. The Morgan fingerprint density at radius 3 is 2.76 bits per heavy atom. The predicted molar refractivity (Wildman–Crippen MR) is 82.9 cm³/mol. The van der Waals surface area contributed by atoms with Gasteiger partial charge in [0.15, 0.2) is 11.5 Å². The highest BCUT2D eigenvalue weighted by Gasteiger charge is 2.06. The average Bonchev–Trinajstić information content (AvgIpc) is 3.01. The van der Waals surface area contributed by atoms with E-state index in [-0.39, 0.29) is 0 Å². The fourth-order valence-electron chi connectivity index (χ4n) is 2.10. The standard InChI is InChI=1S/C15H17N5O/c1-16-13-10-20-8-7-17-15(20)14(19-13)18-9-11-3-5-12(21-2)6-4-11/h3-8,10,16H,9H2,1-2H3,(H,18,19). The summed E-state index contributed by atoms with van der Waals surface area (Å²) in [6, 6.07) is 7.94. The van der Waals surface area contributed by atoms with Crippen molar-refractivity contribution in [3.8, 4) is 5.75 Å². The van der Waals surface area contributed by atoms with Crippen LogP contribution in [-0.2, 0) is 6.54 Å². The van der Waals surface area contributed by atoms with Gasteiger partial charge in [0.1, 0.15) is 11.6 Å². The van der Waals surface area contributed by atoms with Crippen molar-refractivity contribution < 1.29 is 4.74 Å². The summed E-state index contributed by atoms with van der Waals surface area (Å²) in [4.78, 5) is 8.83. The minimum Gasteiger partial charge on any atom is -0.497 e. The first-order valence-corrected chi connectivity index (χ1v) is 6.68. The van der Waals surface area contributed by atoms with Crippen LogP contribution in [-0.4, -0.2) is 28.5 Å². The van der Waals surface area contributed by atoms with Gasteiger partial charge in [-0.15, -0.1) is 0 Å². The zero-order chi connectivity index (χ0) is 14.7. The maximum Gasteiger partial charge on any atom is 0.180 e. The number of fused-ring (bicyclic) bond motifs is 1. The third kappa shape index (κ3) is 2.74. The van der Waals surface area contributed by atoms with E-state index >= 15 is 0 Å². The third-order valence-corrected chi connectivity index (χ3v) is 3.25. The molecule has 0 atom stereocenters. The molecule has 2 heterocycles. The van der Waals surface area contributed by atoms with E-state index in [0.717, 1.165) is 28.6 Å². The van der Waals surface area contributed by atoms with E-state index in [9.17, 15) is 0 Å². The van der Waals surface area contributed by atoms with Crippen molar-refractivity contribution in [2.24, 2.45) is 0 Å². The second-order valence-corrected chi connectivity index (χ2v) is 4.58. The molecular weight excluding hydrogens is 266 g/mol. The molecule has 0 unspecified atom stereocenters. The molecule has 0 spiro atoms. The minimum absolute atomic E-state index is 0.673. The fourth-order valence-corrected chi connectivity index (χ4v) is 2.10. The van der Waals surface area contributed by atoms with Crippen LogP contribution < -0.4 is 15.4 Å². The summed E-state index contributed by atoms with van der Waals surface area (Å²) >= 11 is 0. The number of anilines is 2. The largest absolute Gasteiger partial charge is 0.497 e. The number of nitrogens with zero attached hydrogens (tertiary/aromatic N) is 3. The summed E-state index contributed by atoms with van der Waals surface area (Å²) in [5, 5.41) is 6.37. The van der Waals surface area contributed by atoms with Crippen LogP contribution in [0.1, 0.15) is 5.56 Å². The van der Waals surface area contributed by atoms with Crippen molar-refractivity contribution in [3.63, 3.8) is 0 Å². The van der Waals surface area contributed by atoms with Crippen LogP contribution in [0.25, 0.3) is 5.65 Å². The zero-order valence-electron chi connectivity index (χ0n) is 12.0. The smallest absolute Gasteiger partial charge is 0.180 e. The molecule has 0 saturated carbocycles. The molecule has 1 aromatic carbocycles. The molecule has 0 amide bonds. The van der Waals surface area contributed by atoms with Crippen molar-refractivity contribution in [1.29, 1.82) is 0 Å². The monoisotopic (exact) mass is 283 g/mol. The van der Waals surface area contributed by atoms with Crippen molar-refractivity contribution >= 4 is 17.3 Å². The molecule has 3 aromatic rings. The number of benzene rings is 1. The van der Waals surface area contributed by atoms with E-state index in [1.807, 2.05) is 48.1 Å². The van der Waals surface area contributed by atoms with E-state index < -0.39 is 0 Å². The van der Waals surface area contributed by atoms with Gasteiger partial charge in [-0.1, -0.05) is 12.1 Å². The molecule has 6 nitrogen and oxygen atoms in total. The predicted octanol–water partition coefficient (Wildman–Crippen LogP) is 2.39. The molecule has 0 fully saturated rings. The van der Waals surface area contributed by atoms with Crippen LogP contribution in [0.15, 0.2) is 42.9 Å². The van der Waals surface area contributed by atoms with Crippen molar-refractivity contribution in [2.75, 3.05) is 24.8 Å². The lowest BCUT2D eigenvalue weighted by Gasteiger charge is -2.10. The van der Waals surface area contributed by atoms with Crippen molar-refractivity contribution in [1.82, 2.24) is 14.4 Å². The van der Waals surface area contributed by atoms with Crippen LogP contribution in [0.5, 0.6) is 5.75 Å². The lowest BCUT2D eigenvalue weighted by molar-refractivity contribution is 0.414. The summed E-state index contributed by atoms with van der Waals surface area (Å²) in [7, 11) is 3.51. The Balaban J connectivity index is 1.81. The van der Waals surface area contributed by atoms with Gasteiger partial charge in [-0.05, 0) is 17.7 Å². The van der Waals surface area contributed by atoms with Crippen LogP contribution in [0, 0.1) is 0 Å². The molecule has 0 aliphatic heterocycles. The molecule has 0 saturated heterocycles. The van der Waals surface area contributed by atoms with Gasteiger partial charge in [0, 0.05) is 26.0 Å². The summed E-state index contributed by atoms with van der Waals surface area (Å²) in [5.41, 5.74) is 1.96. The Morgan fingerprint density at radius 1 is 1.24 bits per heavy atom. The first kappa shape index (κ1) is 13.2. The second-order valence-electron chi connectivity index (χ2n) is 4.58. The van der Waals surface area contributed by atoms with Crippen LogP contribution in [0.3, 0.4) is 0 Å². The normalized spacial score (nSPS) is 10.6. The van der Waals surface area contributed by atoms with Gasteiger partial charge in [0.2, 0.25) is 0 Å². The van der Waals surface area contributed by atoms with Crippen molar-refractivity contribution in [3.05, 3.63) is 48.4 Å². The first-order valence-electron chi connectivity index (χ1n) is 6.68. The Morgan fingerprint density at radius 2 is 2.05 bits per heavy atom. The molecule has 0 bridgehead atoms. The van der Waals surface area contributed by atoms with E-state index in [1.54, 1.807) is 13.3 Å². The maximum absolute atomic E-state index is 5.16. The number of aromatic nitrogens is 3. The van der Waals surface area contributed by atoms with Crippen molar-refractivity contribution in [2.45, 2.75) is 6.54 Å². The summed E-state index contributed by atoms with van der Waals surface area (Å²) in [5.74, 6) is 2.39. The third-order valence-electron chi connectivity index (χ3n) is 3.25. The first-order chi connectivity index (χ1) is 10.3. The average molecular weight is 283 g/mol. The van der Waals surface area contributed by atoms with Crippen LogP contribution >= 0.6 is 0 Å². The van der Waals surface area contributed by atoms with Gasteiger partial charge in [-0.25, -0.2) is 9.97 Å². The lowest BCUT2D eigenvalue weighted by atomic mass is 10.2. The lowest BCUT2D eigenvalue weighted by Crippen LogP contribution is -2.06. The van der Waals surface area contributed by atoms with Crippen LogP contribution in [0.2, 0.25) is 0 Å². The van der Waals surface area contributed by atoms with Gasteiger partial charge in [-0.2, -0.15) is 0 Å². The molecule has 2 N–H and O–H groups in total. The quantitative estimate of drug-likeness (QED) is 0.753. The summed E-state index contributed by atoms with van der Waals surface area (Å²) < 4.78 is 7.09. The van der Waals surface area contributed by atoms with Gasteiger partial charge in [0.05, 0.1) is 13.3 Å². The SMILES string of the molecule is CNc1cn2ccnc2c(NCc2ccc(OC)cc2)n1. The van der Waals surface area contributed by atoms with Crippen LogP contribution in [0.4, 0.5) is 11.6 Å². The highest BCUT2D eigenvalue weighted by atomic mass is 16.5. The molecule has 21 heavy (non-hydrogen) atoms. The van der Waals surface area contributed by atoms with Gasteiger partial charge in [0.25, 0.3) is 0 Å². The number of methoxy groups -OCH3 is 1. The number of nitrogens with one attached hydrogen (secondary N) is 2. The van der Waals surface area contributed by atoms with E-state index in [4.69, 9.17) is 4.74 Å². The Labute approximate surface area is 122 Å². The Bertz CT molecular complexity index is 735. The number of hydrogen-bond acceptors (Lipinski definition) is 5. The Hall–Kier alpha value is -2.76. The van der Waals surface area contributed by atoms with Gasteiger partial charge in [-0.3, -0.25) is 0 Å². The van der Waals surface area contributed by atoms with Gasteiger partial charge < -0.3 is 19.8 Å². The minimum atomic E-state index is 0.673. The highest BCUT2D eigenvalue weighted by molar-refractivity contribution is 5.65. The fraction of sp³-hybridized carbons (Fsp3) is 0.200. The molecule has 0 aliphatic carbocycles. The van der Waals surface area contributed by atoms with Gasteiger partial charge >= 0.3 is 0 Å². The molecule has 0 radical (unpaired) electrons. The molecule has 2 aromatic heterocycles. The summed E-state index contributed by atoms with van der Waals surface area (Å²) in [6.45, 7) is 0.673. The second kappa shape index (κ2) is 5.70. The summed E-state index contributed by atoms with van der Waals surface area (Å²) in [6.07, 6.45) is 5.56. The molecular formula is C15H17N5O. The number of rotatable bonds is 5. The number of hydrogen-bond donors (Lipinski definition) is 2. The Kier molecular flexibility index (Phi) is 3.59. The highest BCUT2D eigenvalue weighted by Crippen LogP contribution is 2.18.